The van der Waals surface area contributed by atoms with Crippen LogP contribution in [-0.4, -0.2) is 22.3 Å². The van der Waals surface area contributed by atoms with E-state index in [0.717, 1.165) is 10.6 Å². The van der Waals surface area contributed by atoms with Gasteiger partial charge in [-0.25, -0.2) is 9.37 Å². The van der Waals surface area contributed by atoms with Gasteiger partial charge in [0, 0.05) is 23.7 Å². The smallest absolute Gasteiger partial charge is 0.238 e. The molecule has 2 aromatic rings. The van der Waals surface area contributed by atoms with E-state index < -0.39 is 0 Å². The Morgan fingerprint density at radius 3 is 2.85 bits per heavy atom. The number of thiazole rings is 1. The minimum absolute atomic E-state index is 0.125. The lowest BCUT2D eigenvalue weighted by atomic mass is 10.3. The van der Waals surface area contributed by atoms with Gasteiger partial charge in [0.25, 0.3) is 0 Å². The van der Waals surface area contributed by atoms with E-state index in [9.17, 15) is 9.18 Å². The van der Waals surface area contributed by atoms with Crippen LogP contribution in [0.5, 0.6) is 0 Å². The van der Waals surface area contributed by atoms with Gasteiger partial charge < -0.3 is 11.1 Å². The van der Waals surface area contributed by atoms with Crippen molar-refractivity contribution in [3.05, 3.63) is 40.7 Å². The number of benzene rings is 1. The molecule has 0 radical (unpaired) electrons. The van der Waals surface area contributed by atoms with Crippen molar-refractivity contribution in [2.75, 3.05) is 17.6 Å². The van der Waals surface area contributed by atoms with E-state index in [1.165, 1.54) is 35.6 Å². The van der Waals surface area contributed by atoms with Crippen molar-refractivity contribution >= 4 is 28.1 Å². The third kappa shape index (κ3) is 2.78. The Hall–Kier alpha value is -1.99. The molecule has 1 aliphatic rings. The zero-order valence-corrected chi connectivity index (χ0v) is 11.4. The number of nitrogens with two attached hydrogens (primary N) is 1. The van der Waals surface area contributed by atoms with Crippen LogP contribution in [-0.2, 0) is 17.9 Å². The second-order valence-electron chi connectivity index (χ2n) is 4.62. The Morgan fingerprint density at radius 2 is 2.15 bits per heavy atom. The average Bonchev–Trinajstić information content (AvgIpc) is 2.88. The Labute approximate surface area is 119 Å². The lowest BCUT2D eigenvalue weighted by molar-refractivity contribution is -0.117. The number of rotatable bonds is 3. The number of hydrogen-bond donors (Lipinski definition) is 2. The molecule has 1 amide bonds. The van der Waals surface area contributed by atoms with Gasteiger partial charge in [-0.05, 0) is 24.3 Å². The van der Waals surface area contributed by atoms with Crippen LogP contribution in [0.1, 0.15) is 10.6 Å². The SMILES string of the molecule is Nc1nc2c(s1)CN(CC(=O)Nc1ccc(F)cc1)C2. The summed E-state index contributed by atoms with van der Waals surface area (Å²) in [5.74, 6) is -0.449. The molecule has 1 aromatic heterocycles. The number of hydrogen-bond acceptors (Lipinski definition) is 5. The van der Waals surface area contributed by atoms with E-state index in [1.54, 1.807) is 0 Å². The van der Waals surface area contributed by atoms with Crippen molar-refractivity contribution in [3.8, 4) is 0 Å². The van der Waals surface area contributed by atoms with Gasteiger partial charge >= 0.3 is 0 Å². The number of nitrogen functional groups attached to an aromatic ring is 1. The van der Waals surface area contributed by atoms with Crippen molar-refractivity contribution in [1.29, 1.82) is 0 Å². The molecule has 7 heteroatoms. The third-order valence-corrected chi connectivity index (χ3v) is 3.94. The van der Waals surface area contributed by atoms with Crippen LogP contribution in [0.25, 0.3) is 0 Å². The number of nitrogens with zero attached hydrogens (tertiary/aromatic N) is 2. The lowest BCUT2D eigenvalue weighted by Gasteiger charge is -2.14. The summed E-state index contributed by atoms with van der Waals surface area (Å²) >= 11 is 1.46. The number of nitrogens with one attached hydrogen (secondary N) is 1. The van der Waals surface area contributed by atoms with Gasteiger partial charge in [0.2, 0.25) is 5.91 Å². The van der Waals surface area contributed by atoms with Gasteiger partial charge in [-0.15, -0.1) is 11.3 Å². The average molecular weight is 292 g/mol. The fourth-order valence-corrected chi connectivity index (χ4v) is 3.05. The quantitative estimate of drug-likeness (QED) is 0.905. The van der Waals surface area contributed by atoms with E-state index in [1.807, 2.05) is 4.90 Å². The molecule has 0 fully saturated rings. The first-order valence-electron chi connectivity index (χ1n) is 6.12. The van der Waals surface area contributed by atoms with Gasteiger partial charge in [-0.3, -0.25) is 9.69 Å². The number of carbonyl (C=O) groups is 1. The molecule has 0 spiro atoms. The molecule has 2 heterocycles. The molecule has 1 aliphatic heterocycles. The zero-order chi connectivity index (χ0) is 14.1. The molecule has 1 aromatic carbocycles. The zero-order valence-electron chi connectivity index (χ0n) is 10.6. The van der Waals surface area contributed by atoms with Crippen LogP contribution in [0.3, 0.4) is 0 Å². The second-order valence-corrected chi connectivity index (χ2v) is 5.74. The fraction of sp³-hybridized carbons (Fsp3) is 0.231. The molecule has 104 valence electrons. The van der Waals surface area contributed by atoms with Crippen molar-refractivity contribution in [1.82, 2.24) is 9.88 Å². The topological polar surface area (TPSA) is 71.2 Å². The second kappa shape index (κ2) is 5.18. The summed E-state index contributed by atoms with van der Waals surface area (Å²) in [4.78, 5) is 19.2. The van der Waals surface area contributed by atoms with Crippen LogP contribution in [0.4, 0.5) is 15.2 Å². The standard InChI is InChI=1S/C13H13FN4OS/c14-8-1-3-9(4-2-8)16-12(19)7-18-5-10-11(6-18)20-13(15)17-10/h1-4H,5-7H2,(H2,15,17)(H,16,19). The molecule has 0 saturated carbocycles. The normalized spacial score (nSPS) is 14.2. The third-order valence-electron chi connectivity index (χ3n) is 3.03. The molecule has 0 saturated heterocycles. The molecular weight excluding hydrogens is 279 g/mol. The van der Waals surface area contributed by atoms with Crippen molar-refractivity contribution in [2.24, 2.45) is 0 Å². The van der Waals surface area contributed by atoms with Gasteiger partial charge in [0.15, 0.2) is 5.13 Å². The molecular formula is C13H13FN4OS. The molecule has 5 nitrogen and oxygen atoms in total. The van der Waals surface area contributed by atoms with E-state index in [0.29, 0.717) is 23.9 Å². The van der Waals surface area contributed by atoms with Gasteiger partial charge in [-0.2, -0.15) is 0 Å². The minimum Gasteiger partial charge on any atom is -0.375 e. The highest BCUT2D eigenvalue weighted by atomic mass is 32.1. The van der Waals surface area contributed by atoms with E-state index in [4.69, 9.17) is 5.73 Å². The first-order chi connectivity index (χ1) is 9.60. The largest absolute Gasteiger partial charge is 0.375 e. The summed E-state index contributed by atoms with van der Waals surface area (Å²) < 4.78 is 12.8. The number of anilines is 2. The van der Waals surface area contributed by atoms with Crippen LogP contribution in [0.2, 0.25) is 0 Å². The Balaban J connectivity index is 1.55. The van der Waals surface area contributed by atoms with Gasteiger partial charge in [0.1, 0.15) is 5.82 Å². The number of halogens is 1. The summed E-state index contributed by atoms with van der Waals surface area (Å²) in [5, 5.41) is 3.31. The monoisotopic (exact) mass is 292 g/mol. The van der Waals surface area contributed by atoms with E-state index in [-0.39, 0.29) is 18.3 Å². The van der Waals surface area contributed by atoms with Crippen molar-refractivity contribution < 1.29 is 9.18 Å². The lowest BCUT2D eigenvalue weighted by Crippen LogP contribution is -2.29. The first-order valence-corrected chi connectivity index (χ1v) is 6.93. The molecule has 0 atom stereocenters. The molecule has 20 heavy (non-hydrogen) atoms. The summed E-state index contributed by atoms with van der Waals surface area (Å²) in [6.45, 7) is 1.61. The highest BCUT2D eigenvalue weighted by Gasteiger charge is 2.24. The van der Waals surface area contributed by atoms with Gasteiger partial charge in [0.05, 0.1) is 12.2 Å². The number of carbonyl (C=O) groups excluding carboxylic acids is 1. The predicted octanol–water partition coefficient (Wildman–Crippen LogP) is 1.82. The first kappa shape index (κ1) is 13.0. The minimum atomic E-state index is -0.323. The van der Waals surface area contributed by atoms with E-state index in [2.05, 4.69) is 10.3 Å². The molecule has 0 aliphatic carbocycles. The Kier molecular flexibility index (Phi) is 3.37. The molecule has 3 N–H and O–H groups in total. The number of aromatic nitrogens is 1. The van der Waals surface area contributed by atoms with Crippen LogP contribution >= 0.6 is 11.3 Å². The summed E-state index contributed by atoms with van der Waals surface area (Å²) in [6, 6.07) is 5.71. The van der Waals surface area contributed by atoms with Crippen LogP contribution < -0.4 is 11.1 Å². The highest BCUT2D eigenvalue weighted by molar-refractivity contribution is 7.15. The highest BCUT2D eigenvalue weighted by Crippen LogP contribution is 2.28. The van der Waals surface area contributed by atoms with Crippen LogP contribution in [0, 0.1) is 5.82 Å². The fourth-order valence-electron chi connectivity index (χ4n) is 2.17. The maximum Gasteiger partial charge on any atom is 0.238 e. The van der Waals surface area contributed by atoms with Crippen molar-refractivity contribution in [3.63, 3.8) is 0 Å². The summed E-state index contributed by atoms with van der Waals surface area (Å²) in [5.41, 5.74) is 7.18. The number of fused-ring (bicyclic) bond motifs is 1. The summed E-state index contributed by atoms with van der Waals surface area (Å²) in [7, 11) is 0. The van der Waals surface area contributed by atoms with Gasteiger partial charge in [-0.1, -0.05) is 0 Å². The molecule has 3 rings (SSSR count). The molecule has 0 bridgehead atoms. The van der Waals surface area contributed by atoms with E-state index >= 15 is 0 Å². The number of amides is 1. The maximum atomic E-state index is 12.8. The van der Waals surface area contributed by atoms with Crippen molar-refractivity contribution in [2.45, 2.75) is 13.1 Å². The Bertz CT molecular complexity index is 617. The summed E-state index contributed by atoms with van der Waals surface area (Å²) in [6.07, 6.45) is 0. The Morgan fingerprint density at radius 1 is 1.40 bits per heavy atom. The molecule has 0 unspecified atom stereocenters. The van der Waals surface area contributed by atoms with Crippen LogP contribution in [0.15, 0.2) is 24.3 Å². The predicted molar refractivity (Wildman–Crippen MR) is 75.7 cm³/mol. The maximum absolute atomic E-state index is 12.8.